The Morgan fingerprint density at radius 1 is 1.37 bits per heavy atom. The van der Waals surface area contributed by atoms with Crippen LogP contribution >= 0.6 is 11.3 Å². The third-order valence-corrected chi connectivity index (χ3v) is 4.44. The van der Waals surface area contributed by atoms with Crippen molar-refractivity contribution >= 4 is 16.3 Å². The lowest BCUT2D eigenvalue weighted by Gasteiger charge is -2.34. The summed E-state index contributed by atoms with van der Waals surface area (Å²) in [7, 11) is 0. The average molecular weight is 277 g/mol. The molecule has 0 spiro atoms. The fourth-order valence-electron chi connectivity index (χ4n) is 3.12. The zero-order valence-electron chi connectivity index (χ0n) is 11.4. The molecule has 1 aliphatic heterocycles. The Balaban J connectivity index is 1.83. The van der Waals surface area contributed by atoms with E-state index in [0.29, 0.717) is 0 Å². The second-order valence-corrected chi connectivity index (χ2v) is 6.65. The molecule has 3 heterocycles. The highest BCUT2D eigenvalue weighted by Crippen LogP contribution is 2.22. The highest BCUT2D eigenvalue weighted by Gasteiger charge is 2.22. The van der Waals surface area contributed by atoms with Crippen molar-refractivity contribution in [2.24, 2.45) is 11.8 Å². The molecule has 1 fully saturated rings. The van der Waals surface area contributed by atoms with Gasteiger partial charge in [0.05, 0.1) is 5.69 Å². The van der Waals surface area contributed by atoms with Crippen molar-refractivity contribution in [1.29, 1.82) is 0 Å². The first kappa shape index (κ1) is 12.8. The molecule has 19 heavy (non-hydrogen) atoms. The molecular formula is C14H19N3OS. The Morgan fingerprint density at radius 2 is 2.11 bits per heavy atom. The number of fused-ring (bicyclic) bond motifs is 1. The molecule has 2 aromatic heterocycles. The molecule has 4 nitrogen and oxygen atoms in total. The number of hydrogen-bond donors (Lipinski definition) is 0. The van der Waals surface area contributed by atoms with E-state index in [0.717, 1.165) is 42.1 Å². The largest absolute Gasteiger partial charge is 0.297 e. The molecule has 2 aromatic rings. The first-order valence-electron chi connectivity index (χ1n) is 6.80. The van der Waals surface area contributed by atoms with E-state index in [1.165, 1.54) is 17.8 Å². The zero-order chi connectivity index (χ0) is 13.4. The molecule has 0 saturated carbocycles. The Bertz CT molecular complexity index is 623. The second-order valence-electron chi connectivity index (χ2n) is 5.78. The fourth-order valence-corrected chi connectivity index (χ4v) is 3.86. The number of hydrogen-bond acceptors (Lipinski definition) is 4. The van der Waals surface area contributed by atoms with Gasteiger partial charge in [-0.15, -0.1) is 11.3 Å². The van der Waals surface area contributed by atoms with Crippen molar-refractivity contribution in [2.45, 2.75) is 26.8 Å². The molecule has 5 heteroatoms. The molecule has 0 N–H and O–H groups in total. The van der Waals surface area contributed by atoms with Crippen molar-refractivity contribution in [3.05, 3.63) is 33.7 Å². The quantitative estimate of drug-likeness (QED) is 0.845. The van der Waals surface area contributed by atoms with E-state index in [4.69, 9.17) is 0 Å². The van der Waals surface area contributed by atoms with Gasteiger partial charge in [-0.2, -0.15) is 0 Å². The van der Waals surface area contributed by atoms with Gasteiger partial charge >= 0.3 is 0 Å². The van der Waals surface area contributed by atoms with Gasteiger partial charge < -0.3 is 0 Å². The summed E-state index contributed by atoms with van der Waals surface area (Å²) >= 11 is 1.51. The molecule has 0 radical (unpaired) electrons. The summed E-state index contributed by atoms with van der Waals surface area (Å²) in [6.07, 6.45) is 3.08. The number of likely N-dealkylation sites (tertiary alicyclic amines) is 1. The molecule has 0 unspecified atom stereocenters. The zero-order valence-corrected chi connectivity index (χ0v) is 12.2. The maximum atomic E-state index is 11.9. The Morgan fingerprint density at radius 3 is 2.84 bits per heavy atom. The maximum Gasteiger partial charge on any atom is 0.258 e. The van der Waals surface area contributed by atoms with Crippen LogP contribution in [0.1, 0.15) is 26.0 Å². The van der Waals surface area contributed by atoms with Crippen LogP contribution in [0.4, 0.5) is 0 Å². The summed E-state index contributed by atoms with van der Waals surface area (Å²) in [6.45, 7) is 7.60. The molecule has 1 saturated heterocycles. The monoisotopic (exact) mass is 277 g/mol. The lowest BCUT2D eigenvalue weighted by molar-refractivity contribution is 0.133. The summed E-state index contributed by atoms with van der Waals surface area (Å²) in [5.74, 6) is 1.46. The predicted octanol–water partition coefficient (Wildman–Crippen LogP) is 2.23. The normalized spacial score (nSPS) is 24.9. The molecule has 1 aliphatic rings. The van der Waals surface area contributed by atoms with Gasteiger partial charge in [-0.3, -0.25) is 14.1 Å². The number of aromatic nitrogens is 2. The molecule has 0 aliphatic carbocycles. The Hall–Kier alpha value is -1.20. The van der Waals surface area contributed by atoms with Gasteiger partial charge in [0, 0.05) is 37.3 Å². The van der Waals surface area contributed by atoms with Gasteiger partial charge in [0.1, 0.15) is 0 Å². The average Bonchev–Trinajstić information content (AvgIpc) is 2.75. The van der Waals surface area contributed by atoms with Crippen molar-refractivity contribution in [3.8, 4) is 0 Å². The van der Waals surface area contributed by atoms with E-state index >= 15 is 0 Å². The summed E-state index contributed by atoms with van der Waals surface area (Å²) in [5, 5.41) is 1.90. The van der Waals surface area contributed by atoms with Crippen LogP contribution in [0.25, 0.3) is 4.96 Å². The highest BCUT2D eigenvalue weighted by atomic mass is 32.1. The van der Waals surface area contributed by atoms with Crippen molar-refractivity contribution in [3.63, 3.8) is 0 Å². The van der Waals surface area contributed by atoms with E-state index in [9.17, 15) is 4.79 Å². The second kappa shape index (κ2) is 5.06. The molecule has 102 valence electrons. The summed E-state index contributed by atoms with van der Waals surface area (Å²) in [4.78, 5) is 19.7. The highest BCUT2D eigenvalue weighted by molar-refractivity contribution is 7.15. The van der Waals surface area contributed by atoms with Gasteiger partial charge in [0.15, 0.2) is 4.96 Å². The first-order chi connectivity index (χ1) is 9.11. The van der Waals surface area contributed by atoms with Crippen LogP contribution in [-0.4, -0.2) is 27.4 Å². The van der Waals surface area contributed by atoms with Crippen LogP contribution in [0.3, 0.4) is 0 Å². The number of rotatable bonds is 2. The number of piperidine rings is 1. The van der Waals surface area contributed by atoms with Gasteiger partial charge in [-0.05, 0) is 18.3 Å². The molecule has 2 atom stereocenters. The summed E-state index contributed by atoms with van der Waals surface area (Å²) in [6, 6.07) is 1.67. The van der Waals surface area contributed by atoms with E-state index in [1.54, 1.807) is 16.7 Å². The number of nitrogens with zero attached hydrogens (tertiary/aromatic N) is 3. The van der Waals surface area contributed by atoms with Crippen molar-refractivity contribution in [2.75, 3.05) is 13.1 Å². The standard InChI is InChI=1S/C14H19N3OS/c1-10-5-11(2)8-16(7-10)9-12-6-13(18)17-3-4-19-14(17)15-12/h3-4,6,10-11H,5,7-9H2,1-2H3/t10-,11-/m0/s1. The molecule has 0 aromatic carbocycles. The lowest BCUT2D eigenvalue weighted by atomic mass is 9.92. The van der Waals surface area contributed by atoms with E-state index in [1.807, 2.05) is 5.38 Å². The van der Waals surface area contributed by atoms with Crippen LogP contribution in [-0.2, 0) is 6.54 Å². The SMILES string of the molecule is C[C@H]1C[C@H](C)CN(Cc2cc(=O)n3ccsc3n2)C1. The summed E-state index contributed by atoms with van der Waals surface area (Å²) in [5.41, 5.74) is 0.924. The van der Waals surface area contributed by atoms with Crippen molar-refractivity contribution in [1.82, 2.24) is 14.3 Å². The minimum Gasteiger partial charge on any atom is -0.297 e. The molecule has 0 amide bonds. The predicted molar refractivity (Wildman–Crippen MR) is 77.6 cm³/mol. The molecular weight excluding hydrogens is 258 g/mol. The topological polar surface area (TPSA) is 37.6 Å². The summed E-state index contributed by atoms with van der Waals surface area (Å²) < 4.78 is 1.61. The first-order valence-corrected chi connectivity index (χ1v) is 7.68. The van der Waals surface area contributed by atoms with E-state index in [-0.39, 0.29) is 5.56 Å². The third-order valence-electron chi connectivity index (χ3n) is 3.69. The minimum absolute atomic E-state index is 0.0272. The van der Waals surface area contributed by atoms with Crippen molar-refractivity contribution < 1.29 is 0 Å². The maximum absolute atomic E-state index is 11.9. The van der Waals surface area contributed by atoms with Gasteiger partial charge in [0.2, 0.25) is 0 Å². The van der Waals surface area contributed by atoms with E-state index < -0.39 is 0 Å². The van der Waals surface area contributed by atoms with Gasteiger partial charge in [0.25, 0.3) is 5.56 Å². The van der Waals surface area contributed by atoms with Crippen LogP contribution < -0.4 is 5.56 Å². The smallest absolute Gasteiger partial charge is 0.258 e. The van der Waals surface area contributed by atoms with E-state index in [2.05, 4.69) is 23.7 Å². The Labute approximate surface area is 116 Å². The third kappa shape index (κ3) is 2.72. The van der Waals surface area contributed by atoms with Crippen LogP contribution in [0.15, 0.2) is 22.4 Å². The molecule has 3 rings (SSSR count). The van der Waals surface area contributed by atoms with Crippen LogP contribution in [0, 0.1) is 11.8 Å². The lowest BCUT2D eigenvalue weighted by Crippen LogP contribution is -2.38. The Kier molecular flexibility index (Phi) is 3.41. The van der Waals surface area contributed by atoms with Gasteiger partial charge in [-0.1, -0.05) is 13.8 Å². The molecule has 0 bridgehead atoms. The van der Waals surface area contributed by atoms with Crippen LogP contribution in [0.5, 0.6) is 0 Å². The van der Waals surface area contributed by atoms with Crippen LogP contribution in [0.2, 0.25) is 0 Å². The minimum atomic E-state index is 0.0272. The number of thiazole rings is 1. The fraction of sp³-hybridized carbons (Fsp3) is 0.571. The van der Waals surface area contributed by atoms with Gasteiger partial charge in [-0.25, -0.2) is 4.98 Å².